The van der Waals surface area contributed by atoms with Gasteiger partial charge in [-0.2, -0.15) is 9.97 Å². The molecule has 2 N–H and O–H groups in total. The predicted octanol–water partition coefficient (Wildman–Crippen LogP) is 5.97. The number of nitrogens with one attached hydrogen (secondary N) is 1. The normalized spacial score (nSPS) is 21.8. The second-order valence-corrected chi connectivity index (χ2v) is 11.0. The molecule has 0 unspecified atom stereocenters. The molecule has 44 heavy (non-hydrogen) atoms. The number of benzene rings is 3. The third-order valence-electron chi connectivity index (χ3n) is 7.70. The van der Waals surface area contributed by atoms with Crippen LogP contribution in [0.5, 0.6) is 11.6 Å². The highest BCUT2D eigenvalue weighted by molar-refractivity contribution is 14.1. The second kappa shape index (κ2) is 12.3. The van der Waals surface area contributed by atoms with Crippen LogP contribution in [-0.4, -0.2) is 60.9 Å². The van der Waals surface area contributed by atoms with E-state index in [1.54, 1.807) is 36.6 Å². The molecule has 0 aliphatic carbocycles. The molecule has 9 nitrogen and oxygen atoms in total. The molecular formula is C32H30F2IN5O4. The van der Waals surface area contributed by atoms with Crippen LogP contribution in [0.1, 0.15) is 29.8 Å². The van der Waals surface area contributed by atoms with Crippen LogP contribution in [0.15, 0.2) is 91.3 Å². The Kier molecular flexibility index (Phi) is 8.40. The molecule has 3 heterocycles. The highest BCUT2D eigenvalue weighted by atomic mass is 127. The minimum absolute atomic E-state index is 0.139. The van der Waals surface area contributed by atoms with Crippen molar-refractivity contribution in [2.75, 3.05) is 23.5 Å². The van der Waals surface area contributed by atoms with Gasteiger partial charge < -0.3 is 24.6 Å². The number of methoxy groups -OCH3 is 1. The summed E-state index contributed by atoms with van der Waals surface area (Å²) >= 11 is 1.72. The summed E-state index contributed by atoms with van der Waals surface area (Å²) in [5, 5.41) is 13.9. The third kappa shape index (κ3) is 5.14. The number of alkyl halides is 3. The van der Waals surface area contributed by atoms with Crippen LogP contribution in [-0.2, 0) is 10.3 Å². The molecule has 0 radical (unpaired) electrons. The molecular weight excluding hydrogens is 683 g/mol. The number of anilines is 1. The first-order valence-electron chi connectivity index (χ1n) is 14.0. The lowest BCUT2D eigenvalue weighted by molar-refractivity contribution is -0.167. The number of imidazole rings is 1. The minimum Gasteiger partial charge on any atom is -0.497 e. The number of aromatic nitrogens is 4. The highest BCUT2D eigenvalue weighted by Gasteiger charge is 2.56. The van der Waals surface area contributed by atoms with Gasteiger partial charge in [0.1, 0.15) is 17.4 Å². The average molecular weight is 714 g/mol. The number of nitrogens with zero attached hydrogens (tertiary/aromatic N) is 4. The fraction of sp³-hybridized carbons (Fsp3) is 0.281. The Hall–Kier alpha value is -3.88. The van der Waals surface area contributed by atoms with Gasteiger partial charge >= 0.3 is 0 Å². The van der Waals surface area contributed by atoms with Crippen molar-refractivity contribution in [1.82, 2.24) is 19.5 Å². The summed E-state index contributed by atoms with van der Waals surface area (Å²) in [4.78, 5) is 13.8. The molecule has 0 amide bonds. The number of fused-ring (bicyclic) bond motifs is 1. The fourth-order valence-corrected chi connectivity index (χ4v) is 6.15. The summed E-state index contributed by atoms with van der Waals surface area (Å²) in [6.07, 6.45) is -4.27. The van der Waals surface area contributed by atoms with Gasteiger partial charge in [0.2, 0.25) is 17.7 Å². The van der Waals surface area contributed by atoms with E-state index in [1.165, 1.54) is 10.9 Å². The van der Waals surface area contributed by atoms with Gasteiger partial charge in [-0.15, -0.1) is 0 Å². The molecule has 1 aliphatic heterocycles. The van der Waals surface area contributed by atoms with Crippen molar-refractivity contribution < 1.29 is 28.1 Å². The lowest BCUT2D eigenvalue weighted by Gasteiger charge is -2.37. The highest BCUT2D eigenvalue weighted by Crippen LogP contribution is 2.44. The predicted molar refractivity (Wildman–Crippen MR) is 170 cm³/mol. The van der Waals surface area contributed by atoms with Gasteiger partial charge in [0.25, 0.3) is 0 Å². The molecule has 1 saturated heterocycles. The number of hydrogen-bond acceptors (Lipinski definition) is 8. The number of hydrogen-bond donors (Lipinski definition) is 2. The number of aliphatic hydroxyl groups excluding tert-OH is 1. The van der Waals surface area contributed by atoms with E-state index in [0.29, 0.717) is 5.75 Å². The van der Waals surface area contributed by atoms with Crippen molar-refractivity contribution in [3.8, 4) is 11.6 Å². The smallest absolute Gasteiger partial charge is 0.249 e. The lowest BCUT2D eigenvalue weighted by Crippen LogP contribution is -2.39. The van der Waals surface area contributed by atoms with Crippen LogP contribution in [0.3, 0.4) is 0 Å². The van der Waals surface area contributed by atoms with Crippen molar-refractivity contribution in [2.24, 2.45) is 0 Å². The Morgan fingerprint density at radius 2 is 1.61 bits per heavy atom. The first-order chi connectivity index (χ1) is 21.3. The van der Waals surface area contributed by atoms with Gasteiger partial charge in [0.15, 0.2) is 23.6 Å². The van der Waals surface area contributed by atoms with Crippen LogP contribution >= 0.6 is 22.6 Å². The van der Waals surface area contributed by atoms with Crippen LogP contribution in [0.4, 0.5) is 14.7 Å². The quantitative estimate of drug-likeness (QED) is 0.104. The van der Waals surface area contributed by atoms with E-state index in [9.17, 15) is 5.11 Å². The zero-order chi connectivity index (χ0) is 30.9. The van der Waals surface area contributed by atoms with E-state index in [0.717, 1.165) is 16.7 Å². The molecule has 3 aromatic carbocycles. The third-order valence-corrected chi connectivity index (χ3v) is 8.74. The second-order valence-electron chi connectivity index (χ2n) is 10.3. The number of ether oxygens (including phenoxy) is 3. The van der Waals surface area contributed by atoms with Crippen LogP contribution in [0.2, 0.25) is 0 Å². The van der Waals surface area contributed by atoms with Gasteiger partial charge in [-0.25, -0.2) is 13.8 Å². The lowest BCUT2D eigenvalue weighted by atomic mass is 9.77. The van der Waals surface area contributed by atoms with Gasteiger partial charge in [0, 0.05) is 0 Å². The molecule has 12 heteroatoms. The minimum atomic E-state index is -2.57. The molecule has 1 aliphatic rings. The Balaban J connectivity index is 1.56. The maximum Gasteiger partial charge on any atom is 0.249 e. The molecule has 0 spiro atoms. The SMILES string of the molecule is CCOc1nc(NC(c2ccccc2)(c2ccccc2)c2ccc(OC)cc2)nc2c1ncn2[C@@H]1O[C@](F)(CI)[C@@H](O)[C@H]1F. The summed E-state index contributed by atoms with van der Waals surface area (Å²) in [6.45, 7) is 2.08. The Morgan fingerprint density at radius 3 is 2.16 bits per heavy atom. The molecule has 4 atom stereocenters. The average Bonchev–Trinajstić information content (AvgIpc) is 3.59. The van der Waals surface area contributed by atoms with E-state index in [1.807, 2.05) is 84.9 Å². The first kappa shape index (κ1) is 30.2. The number of aliphatic hydroxyl groups is 1. The van der Waals surface area contributed by atoms with E-state index >= 15 is 8.78 Å². The van der Waals surface area contributed by atoms with Crippen molar-refractivity contribution in [2.45, 2.75) is 36.8 Å². The summed E-state index contributed by atoms with van der Waals surface area (Å²) < 4.78 is 48.3. The van der Waals surface area contributed by atoms with Crippen LogP contribution in [0, 0.1) is 0 Å². The fourth-order valence-electron chi connectivity index (χ4n) is 5.52. The van der Waals surface area contributed by atoms with Crippen LogP contribution in [0.25, 0.3) is 11.2 Å². The van der Waals surface area contributed by atoms with Gasteiger partial charge in [-0.1, -0.05) is 95.4 Å². The molecule has 5 aromatic rings. The molecule has 2 aromatic heterocycles. The summed E-state index contributed by atoms with van der Waals surface area (Å²) in [7, 11) is 1.61. The van der Waals surface area contributed by atoms with Crippen molar-refractivity contribution in [3.05, 3.63) is 108 Å². The summed E-state index contributed by atoms with van der Waals surface area (Å²) in [5.74, 6) is -1.58. The van der Waals surface area contributed by atoms with Crippen molar-refractivity contribution >= 4 is 39.7 Å². The Morgan fingerprint density at radius 1 is 1.00 bits per heavy atom. The van der Waals surface area contributed by atoms with E-state index < -0.39 is 29.9 Å². The molecule has 6 rings (SSSR count). The summed E-state index contributed by atoms with van der Waals surface area (Å²) in [6, 6.07) is 27.4. The Bertz CT molecular complexity index is 1690. The van der Waals surface area contributed by atoms with Crippen molar-refractivity contribution in [3.63, 3.8) is 0 Å². The Labute approximate surface area is 266 Å². The van der Waals surface area contributed by atoms with Crippen molar-refractivity contribution in [1.29, 1.82) is 0 Å². The zero-order valence-corrected chi connectivity index (χ0v) is 26.1. The zero-order valence-electron chi connectivity index (χ0n) is 23.9. The number of rotatable bonds is 10. The molecule has 0 saturated carbocycles. The molecule has 0 bridgehead atoms. The topological polar surface area (TPSA) is 104 Å². The number of halogens is 3. The molecule has 228 valence electrons. The van der Waals surface area contributed by atoms with Gasteiger partial charge in [-0.3, -0.25) is 4.57 Å². The largest absolute Gasteiger partial charge is 0.497 e. The maximum absolute atomic E-state index is 15.3. The monoisotopic (exact) mass is 713 g/mol. The van der Waals surface area contributed by atoms with E-state index in [4.69, 9.17) is 24.2 Å². The maximum atomic E-state index is 15.3. The van der Waals surface area contributed by atoms with E-state index in [-0.39, 0.29) is 34.0 Å². The van der Waals surface area contributed by atoms with Gasteiger partial charge in [-0.05, 0) is 35.7 Å². The van der Waals surface area contributed by atoms with E-state index in [2.05, 4.69) is 10.3 Å². The first-order valence-corrected chi connectivity index (χ1v) is 15.5. The van der Waals surface area contributed by atoms with Gasteiger partial charge in [0.05, 0.1) is 24.5 Å². The standard InChI is InChI=1S/C32H30F2IN5O4/c1-3-43-28-25-27(40(19-36-25)29-24(33)26(41)31(34,18-35)44-29)37-30(38-28)39-32(20-10-6-4-7-11-20,21-12-8-5-9-13-21)22-14-16-23(42-2)17-15-22/h4-17,19,24,26,29,41H,3,18H2,1-2H3,(H,37,38,39)/t24-,26+,29-,31-/m1/s1. The van der Waals surface area contributed by atoms with Crippen LogP contribution < -0.4 is 14.8 Å². The molecule has 1 fully saturated rings. The summed E-state index contributed by atoms with van der Waals surface area (Å²) in [5.41, 5.74) is 2.01.